The molecule has 0 spiro atoms. The van der Waals surface area contributed by atoms with E-state index < -0.39 is 10.0 Å². The predicted octanol–water partition coefficient (Wildman–Crippen LogP) is 1.14. The van der Waals surface area contributed by atoms with Gasteiger partial charge in [0.05, 0.1) is 23.0 Å². The van der Waals surface area contributed by atoms with Gasteiger partial charge in [0.25, 0.3) is 0 Å². The van der Waals surface area contributed by atoms with E-state index in [2.05, 4.69) is 25.3 Å². The van der Waals surface area contributed by atoms with Crippen LogP contribution in [0.5, 0.6) is 0 Å². The van der Waals surface area contributed by atoms with Crippen molar-refractivity contribution < 1.29 is 8.42 Å². The third-order valence-corrected chi connectivity index (χ3v) is 5.53. The van der Waals surface area contributed by atoms with Crippen molar-refractivity contribution in [3.05, 3.63) is 15.6 Å². The zero-order chi connectivity index (χ0) is 17.3. The normalized spacial score (nSPS) is 12.4. The van der Waals surface area contributed by atoms with E-state index in [1.807, 2.05) is 20.8 Å². The number of nitrogens with zero attached hydrogens (tertiary/aromatic N) is 2. The molecule has 7 nitrogen and oxygen atoms in total. The van der Waals surface area contributed by atoms with Gasteiger partial charge in [0.2, 0.25) is 10.0 Å². The molecule has 0 aliphatic heterocycles. The van der Waals surface area contributed by atoms with Gasteiger partial charge in [0.15, 0.2) is 5.96 Å². The number of thiazole rings is 1. The van der Waals surface area contributed by atoms with Crippen molar-refractivity contribution >= 4 is 27.3 Å². The predicted molar refractivity (Wildman–Crippen MR) is 96.5 cm³/mol. The first kappa shape index (κ1) is 19.9. The Kier molecular flexibility index (Phi) is 8.49. The smallest absolute Gasteiger partial charge is 0.211 e. The van der Waals surface area contributed by atoms with E-state index in [0.717, 1.165) is 28.1 Å². The summed E-state index contributed by atoms with van der Waals surface area (Å²) in [4.78, 5) is 10.1. The summed E-state index contributed by atoms with van der Waals surface area (Å²) in [6.07, 6.45) is 0.697. The monoisotopic (exact) mass is 361 g/mol. The van der Waals surface area contributed by atoms with E-state index >= 15 is 0 Å². The molecule has 9 heteroatoms. The molecule has 23 heavy (non-hydrogen) atoms. The standard InChI is InChI=1S/C14H27N5O2S2/c1-5-15-14(16-8-7-9-18-23(20,21)6-2)17-10-13-11(3)19-12(4)22-13/h18H,5-10H2,1-4H3,(H2,15,16,17). The van der Waals surface area contributed by atoms with Crippen molar-refractivity contribution in [3.8, 4) is 0 Å². The number of sulfonamides is 1. The van der Waals surface area contributed by atoms with E-state index in [4.69, 9.17) is 0 Å². The van der Waals surface area contributed by atoms with Crippen molar-refractivity contribution in [2.24, 2.45) is 4.99 Å². The van der Waals surface area contributed by atoms with Crippen LogP contribution in [0.4, 0.5) is 0 Å². The highest BCUT2D eigenvalue weighted by Gasteiger charge is 2.06. The third-order valence-electron chi connectivity index (χ3n) is 3.07. The molecule has 0 bridgehead atoms. The van der Waals surface area contributed by atoms with Crippen LogP contribution in [0, 0.1) is 13.8 Å². The number of rotatable bonds is 9. The van der Waals surface area contributed by atoms with Gasteiger partial charge in [-0.3, -0.25) is 0 Å². The van der Waals surface area contributed by atoms with Crippen LogP contribution in [0.15, 0.2) is 4.99 Å². The molecule has 0 atom stereocenters. The lowest BCUT2D eigenvalue weighted by Gasteiger charge is -2.11. The molecule has 0 amide bonds. The van der Waals surface area contributed by atoms with E-state index in [1.54, 1.807) is 18.3 Å². The lowest BCUT2D eigenvalue weighted by atomic mass is 10.4. The van der Waals surface area contributed by atoms with Crippen LogP contribution in [-0.2, 0) is 16.6 Å². The van der Waals surface area contributed by atoms with Crippen LogP contribution in [-0.4, -0.2) is 44.7 Å². The Morgan fingerprint density at radius 1 is 1.22 bits per heavy atom. The summed E-state index contributed by atoms with van der Waals surface area (Å²) >= 11 is 1.66. The molecule has 132 valence electrons. The van der Waals surface area contributed by atoms with Crippen LogP contribution < -0.4 is 15.4 Å². The molecule has 0 radical (unpaired) electrons. The lowest BCUT2D eigenvalue weighted by Crippen LogP contribution is -2.38. The summed E-state index contributed by atoms with van der Waals surface area (Å²) in [6.45, 7) is 10.1. The molecule has 0 aliphatic carbocycles. The minimum Gasteiger partial charge on any atom is -0.357 e. The molecule has 1 aromatic rings. The zero-order valence-corrected chi connectivity index (χ0v) is 15.9. The second-order valence-corrected chi connectivity index (χ2v) is 8.40. The molecule has 0 unspecified atom stereocenters. The van der Waals surface area contributed by atoms with Crippen molar-refractivity contribution in [1.29, 1.82) is 0 Å². The molecule has 0 fully saturated rings. The number of hydrogen-bond donors (Lipinski definition) is 3. The number of aromatic nitrogens is 1. The Hall–Kier alpha value is -1.19. The van der Waals surface area contributed by atoms with Crippen molar-refractivity contribution in [1.82, 2.24) is 20.3 Å². The second kappa shape index (κ2) is 9.84. The molecule has 0 aromatic carbocycles. The van der Waals surface area contributed by atoms with E-state index in [9.17, 15) is 8.42 Å². The summed E-state index contributed by atoms with van der Waals surface area (Å²) in [5, 5.41) is 7.44. The van der Waals surface area contributed by atoms with Crippen LogP contribution >= 0.6 is 11.3 Å². The molecule has 0 aliphatic rings. The van der Waals surface area contributed by atoms with Gasteiger partial charge in [-0.15, -0.1) is 11.3 Å². The summed E-state index contributed by atoms with van der Waals surface area (Å²) in [5.41, 5.74) is 1.03. The van der Waals surface area contributed by atoms with E-state index in [0.29, 0.717) is 26.1 Å². The highest BCUT2D eigenvalue weighted by molar-refractivity contribution is 7.89. The van der Waals surface area contributed by atoms with E-state index in [-0.39, 0.29) is 5.75 Å². The van der Waals surface area contributed by atoms with Crippen LogP contribution in [0.2, 0.25) is 0 Å². The molecule has 3 N–H and O–H groups in total. The first-order chi connectivity index (χ1) is 10.9. The van der Waals surface area contributed by atoms with Gasteiger partial charge in [0, 0.05) is 24.5 Å². The Balaban J connectivity index is 2.42. The van der Waals surface area contributed by atoms with Crippen LogP contribution in [0.1, 0.15) is 35.8 Å². The Morgan fingerprint density at radius 3 is 2.52 bits per heavy atom. The lowest BCUT2D eigenvalue weighted by molar-refractivity contribution is 0.579. The number of hydrogen-bond acceptors (Lipinski definition) is 5. The number of guanidine groups is 1. The topological polar surface area (TPSA) is 95.5 Å². The van der Waals surface area contributed by atoms with Gasteiger partial charge in [-0.1, -0.05) is 0 Å². The average Bonchev–Trinajstić information content (AvgIpc) is 2.82. The highest BCUT2D eigenvalue weighted by Crippen LogP contribution is 2.17. The van der Waals surface area contributed by atoms with Gasteiger partial charge >= 0.3 is 0 Å². The fourth-order valence-corrected chi connectivity index (χ4v) is 3.36. The first-order valence-corrected chi connectivity index (χ1v) is 10.3. The Bertz CT molecular complexity index is 611. The van der Waals surface area contributed by atoms with Crippen LogP contribution in [0.3, 0.4) is 0 Å². The van der Waals surface area contributed by atoms with Crippen molar-refractivity contribution in [3.63, 3.8) is 0 Å². The SMILES string of the molecule is CCNC(=NCc1sc(C)nc1C)NCCCNS(=O)(=O)CC. The largest absolute Gasteiger partial charge is 0.357 e. The number of nitrogens with one attached hydrogen (secondary N) is 3. The van der Waals surface area contributed by atoms with Gasteiger partial charge in [-0.2, -0.15) is 0 Å². The summed E-state index contributed by atoms with van der Waals surface area (Å²) in [5.74, 6) is 0.842. The average molecular weight is 362 g/mol. The maximum absolute atomic E-state index is 11.3. The van der Waals surface area contributed by atoms with Gasteiger partial charge in [-0.05, 0) is 34.1 Å². The zero-order valence-electron chi connectivity index (χ0n) is 14.3. The second-order valence-electron chi connectivity index (χ2n) is 5.01. The minimum absolute atomic E-state index is 0.109. The fraction of sp³-hybridized carbons (Fsp3) is 0.714. The quantitative estimate of drug-likeness (QED) is 0.348. The summed E-state index contributed by atoms with van der Waals surface area (Å²) < 4.78 is 25.2. The minimum atomic E-state index is -3.11. The molecular formula is C14H27N5O2S2. The van der Waals surface area contributed by atoms with Crippen molar-refractivity contribution in [2.75, 3.05) is 25.4 Å². The summed E-state index contributed by atoms with van der Waals surface area (Å²) in [7, 11) is -3.11. The van der Waals surface area contributed by atoms with Gasteiger partial charge < -0.3 is 10.6 Å². The molecule has 1 rings (SSSR count). The van der Waals surface area contributed by atoms with Crippen LogP contribution in [0.25, 0.3) is 0 Å². The number of aliphatic imine (C=N–C) groups is 1. The molecule has 1 heterocycles. The first-order valence-electron chi connectivity index (χ1n) is 7.80. The maximum Gasteiger partial charge on any atom is 0.211 e. The molecule has 0 saturated carbocycles. The van der Waals surface area contributed by atoms with Crippen molar-refractivity contribution in [2.45, 2.75) is 40.7 Å². The molecule has 1 aromatic heterocycles. The fourth-order valence-electron chi connectivity index (χ4n) is 1.84. The van der Waals surface area contributed by atoms with Gasteiger partial charge in [-0.25, -0.2) is 23.1 Å². The van der Waals surface area contributed by atoms with Gasteiger partial charge in [0.1, 0.15) is 0 Å². The molecular weight excluding hydrogens is 334 g/mol. The third kappa shape index (κ3) is 7.76. The van der Waals surface area contributed by atoms with E-state index in [1.165, 1.54) is 0 Å². The maximum atomic E-state index is 11.3. The molecule has 0 saturated heterocycles. The Morgan fingerprint density at radius 2 is 1.96 bits per heavy atom. The number of aryl methyl sites for hydroxylation is 2. The Labute approximate surface area is 143 Å². The highest BCUT2D eigenvalue weighted by atomic mass is 32.2. The summed E-state index contributed by atoms with van der Waals surface area (Å²) in [6, 6.07) is 0.